The van der Waals surface area contributed by atoms with E-state index in [1.165, 1.54) is 7.11 Å². The Bertz CT molecular complexity index is 322. The fourth-order valence-corrected chi connectivity index (χ4v) is 1.17. The Balaban J connectivity index is 2.41. The van der Waals surface area contributed by atoms with Crippen LogP contribution >= 0.6 is 0 Å². The van der Waals surface area contributed by atoms with Crippen molar-refractivity contribution in [3.05, 3.63) is 36.2 Å². The highest BCUT2D eigenvalue weighted by atomic mass is 16.6. The molecule has 0 aromatic heterocycles. The Labute approximate surface area is 95.3 Å². The van der Waals surface area contributed by atoms with Crippen molar-refractivity contribution in [1.29, 1.82) is 0 Å². The van der Waals surface area contributed by atoms with E-state index in [1.54, 1.807) is 0 Å². The molecule has 87 valence electrons. The molecular weight excluding hydrogens is 206 g/mol. The lowest BCUT2D eigenvalue weighted by molar-refractivity contribution is -0.142. The van der Waals surface area contributed by atoms with E-state index in [9.17, 15) is 4.79 Å². The van der Waals surface area contributed by atoms with Gasteiger partial charge in [-0.05, 0) is 37.1 Å². The quantitative estimate of drug-likeness (QED) is 0.728. The highest BCUT2D eigenvalue weighted by molar-refractivity contribution is 5.70. The van der Waals surface area contributed by atoms with Gasteiger partial charge in [-0.25, -0.2) is 4.79 Å². The van der Waals surface area contributed by atoms with Crippen LogP contribution in [0.25, 0.3) is 0 Å². The Morgan fingerprint density at radius 1 is 1.38 bits per heavy atom. The van der Waals surface area contributed by atoms with Crippen molar-refractivity contribution in [1.82, 2.24) is 0 Å². The first-order valence-corrected chi connectivity index (χ1v) is 5.06. The lowest BCUT2D eigenvalue weighted by Gasteiger charge is -2.05. The number of carbonyl (C=O) groups excluding carboxylic acids is 1. The van der Waals surface area contributed by atoms with Gasteiger partial charge in [0.1, 0.15) is 5.75 Å². The fraction of sp³-hybridized carbons (Fsp3) is 0.333. The average Bonchev–Trinajstić information content (AvgIpc) is 2.34. The SMILES string of the molecule is COC(=O)COc1ccc(C[CH]CN)cc1. The molecule has 4 nitrogen and oxygen atoms in total. The van der Waals surface area contributed by atoms with E-state index >= 15 is 0 Å². The van der Waals surface area contributed by atoms with Crippen LogP contribution in [-0.4, -0.2) is 26.2 Å². The Kier molecular flexibility index (Phi) is 5.36. The molecule has 0 spiro atoms. The van der Waals surface area contributed by atoms with E-state index in [0.717, 1.165) is 12.0 Å². The largest absolute Gasteiger partial charge is 0.482 e. The molecule has 1 radical (unpaired) electrons. The number of carbonyl (C=O) groups is 1. The first kappa shape index (κ1) is 12.5. The van der Waals surface area contributed by atoms with Crippen molar-refractivity contribution in [3.63, 3.8) is 0 Å². The number of nitrogens with two attached hydrogens (primary N) is 1. The van der Waals surface area contributed by atoms with E-state index in [0.29, 0.717) is 12.3 Å². The van der Waals surface area contributed by atoms with Gasteiger partial charge in [0.2, 0.25) is 0 Å². The molecule has 0 aliphatic carbocycles. The monoisotopic (exact) mass is 222 g/mol. The molecule has 2 N–H and O–H groups in total. The zero-order valence-electron chi connectivity index (χ0n) is 9.31. The Morgan fingerprint density at radius 2 is 2.06 bits per heavy atom. The summed E-state index contributed by atoms with van der Waals surface area (Å²) in [6, 6.07) is 7.53. The smallest absolute Gasteiger partial charge is 0.343 e. The van der Waals surface area contributed by atoms with Crippen LogP contribution in [-0.2, 0) is 16.0 Å². The van der Waals surface area contributed by atoms with E-state index < -0.39 is 0 Å². The molecule has 0 heterocycles. The van der Waals surface area contributed by atoms with Crippen molar-refractivity contribution < 1.29 is 14.3 Å². The van der Waals surface area contributed by atoms with Gasteiger partial charge >= 0.3 is 5.97 Å². The highest BCUT2D eigenvalue weighted by Crippen LogP contribution is 2.12. The third kappa shape index (κ3) is 4.31. The maximum absolute atomic E-state index is 10.8. The van der Waals surface area contributed by atoms with Gasteiger partial charge < -0.3 is 15.2 Å². The van der Waals surface area contributed by atoms with E-state index in [1.807, 2.05) is 30.7 Å². The summed E-state index contributed by atoms with van der Waals surface area (Å²) in [5.41, 5.74) is 6.53. The minimum absolute atomic E-state index is 0.0647. The van der Waals surface area contributed by atoms with E-state index in [-0.39, 0.29) is 12.6 Å². The lowest BCUT2D eigenvalue weighted by atomic mass is 10.1. The maximum Gasteiger partial charge on any atom is 0.343 e. The summed E-state index contributed by atoms with van der Waals surface area (Å²) in [5.74, 6) is 0.266. The molecule has 0 unspecified atom stereocenters. The predicted octanol–water partition coefficient (Wildman–Crippen LogP) is 0.944. The van der Waals surface area contributed by atoms with Gasteiger partial charge in [-0.1, -0.05) is 12.1 Å². The molecule has 0 fully saturated rings. The molecule has 0 aliphatic heterocycles. The van der Waals surface area contributed by atoms with Crippen LogP contribution in [0.4, 0.5) is 0 Å². The second kappa shape index (κ2) is 6.85. The number of benzene rings is 1. The Morgan fingerprint density at radius 3 is 2.62 bits per heavy atom. The summed E-state index contributed by atoms with van der Waals surface area (Å²) in [7, 11) is 1.33. The van der Waals surface area contributed by atoms with Gasteiger partial charge in [-0.3, -0.25) is 0 Å². The zero-order chi connectivity index (χ0) is 11.8. The summed E-state index contributed by atoms with van der Waals surface area (Å²) in [5, 5.41) is 0. The summed E-state index contributed by atoms with van der Waals surface area (Å²) < 4.78 is 9.67. The third-order valence-corrected chi connectivity index (χ3v) is 2.05. The summed E-state index contributed by atoms with van der Waals surface area (Å²) in [6.45, 7) is 0.505. The molecule has 0 amide bonds. The predicted molar refractivity (Wildman–Crippen MR) is 61.0 cm³/mol. The summed E-state index contributed by atoms with van der Waals surface area (Å²) in [4.78, 5) is 10.8. The van der Waals surface area contributed by atoms with Crippen LogP contribution in [0.15, 0.2) is 24.3 Å². The molecule has 1 aromatic carbocycles. The van der Waals surface area contributed by atoms with Gasteiger partial charge in [0.05, 0.1) is 7.11 Å². The third-order valence-electron chi connectivity index (χ3n) is 2.05. The first-order chi connectivity index (χ1) is 7.76. The van der Waals surface area contributed by atoms with Gasteiger partial charge in [0, 0.05) is 0 Å². The average molecular weight is 222 g/mol. The van der Waals surface area contributed by atoms with Crippen LogP contribution < -0.4 is 10.5 Å². The van der Waals surface area contributed by atoms with Crippen molar-refractivity contribution in [3.8, 4) is 5.75 Å². The minimum atomic E-state index is -0.388. The number of ether oxygens (including phenoxy) is 2. The van der Waals surface area contributed by atoms with Crippen LogP contribution in [0.5, 0.6) is 5.75 Å². The summed E-state index contributed by atoms with van der Waals surface area (Å²) in [6.07, 6.45) is 2.83. The van der Waals surface area contributed by atoms with Gasteiger partial charge in [0.15, 0.2) is 6.61 Å². The number of esters is 1. The van der Waals surface area contributed by atoms with Crippen LogP contribution in [0.2, 0.25) is 0 Å². The number of rotatable bonds is 6. The van der Waals surface area contributed by atoms with Crippen LogP contribution in [0.1, 0.15) is 5.56 Å². The van der Waals surface area contributed by atoms with E-state index in [4.69, 9.17) is 10.5 Å². The molecule has 4 heteroatoms. The lowest BCUT2D eigenvalue weighted by Crippen LogP contribution is -2.12. The Hall–Kier alpha value is -1.55. The molecule has 0 saturated carbocycles. The summed E-state index contributed by atoms with van der Waals surface area (Å²) >= 11 is 0. The van der Waals surface area contributed by atoms with Crippen LogP contribution in [0.3, 0.4) is 0 Å². The second-order valence-corrected chi connectivity index (χ2v) is 3.24. The van der Waals surface area contributed by atoms with Crippen LogP contribution in [0, 0.1) is 6.42 Å². The molecule has 0 saturated heterocycles. The molecule has 1 rings (SSSR count). The van der Waals surface area contributed by atoms with Gasteiger partial charge in [0.25, 0.3) is 0 Å². The van der Waals surface area contributed by atoms with Crippen molar-refractivity contribution in [2.24, 2.45) is 5.73 Å². The minimum Gasteiger partial charge on any atom is -0.482 e. The topological polar surface area (TPSA) is 61.5 Å². The number of hydrogen-bond donors (Lipinski definition) is 1. The highest BCUT2D eigenvalue weighted by Gasteiger charge is 2.01. The molecule has 0 aliphatic rings. The standard InChI is InChI=1S/C12H16NO3/c1-15-12(14)9-16-11-6-4-10(5-7-11)3-2-8-13/h2,4-7H,3,8-9,13H2,1H3. The first-order valence-electron chi connectivity index (χ1n) is 5.06. The van der Waals surface area contributed by atoms with Gasteiger partial charge in [-0.2, -0.15) is 0 Å². The van der Waals surface area contributed by atoms with E-state index in [2.05, 4.69) is 4.74 Å². The fourth-order valence-electron chi connectivity index (χ4n) is 1.17. The number of methoxy groups -OCH3 is 1. The molecule has 0 atom stereocenters. The number of hydrogen-bond acceptors (Lipinski definition) is 4. The molecule has 1 aromatic rings. The van der Waals surface area contributed by atoms with Crippen molar-refractivity contribution >= 4 is 5.97 Å². The molecule has 0 bridgehead atoms. The van der Waals surface area contributed by atoms with Crippen molar-refractivity contribution in [2.75, 3.05) is 20.3 Å². The molecular formula is C12H16NO3. The van der Waals surface area contributed by atoms with Crippen molar-refractivity contribution in [2.45, 2.75) is 6.42 Å². The second-order valence-electron chi connectivity index (χ2n) is 3.24. The molecule has 16 heavy (non-hydrogen) atoms. The maximum atomic E-state index is 10.8. The van der Waals surface area contributed by atoms with Gasteiger partial charge in [-0.15, -0.1) is 0 Å². The normalized spacial score (nSPS) is 9.88. The zero-order valence-corrected chi connectivity index (χ0v) is 9.31.